The summed E-state index contributed by atoms with van der Waals surface area (Å²) in [7, 11) is 4.07. The molecule has 186 valence electrons. The van der Waals surface area contributed by atoms with Crippen LogP contribution in [0.3, 0.4) is 0 Å². The Morgan fingerprint density at radius 2 is 1.71 bits per heavy atom. The number of aryl methyl sites for hydroxylation is 1. The highest BCUT2D eigenvalue weighted by Gasteiger charge is 2.38. The molecule has 0 aliphatic carbocycles. The topological polar surface area (TPSA) is 86.3 Å². The van der Waals surface area contributed by atoms with Gasteiger partial charge in [-0.15, -0.1) is 5.10 Å². The molecule has 7 rings (SSSR count). The van der Waals surface area contributed by atoms with Gasteiger partial charge >= 0.3 is 0 Å². The van der Waals surface area contributed by atoms with Gasteiger partial charge < -0.3 is 9.64 Å². The van der Waals surface area contributed by atoms with Gasteiger partial charge in [0.25, 0.3) is 0 Å². The number of benzene rings is 2. The van der Waals surface area contributed by atoms with Crippen LogP contribution in [0.1, 0.15) is 28.3 Å². The molecular formula is C29H24N8O. The van der Waals surface area contributed by atoms with Crippen molar-refractivity contribution in [3.63, 3.8) is 0 Å². The molecular weight excluding hydrogens is 476 g/mol. The van der Waals surface area contributed by atoms with Gasteiger partial charge in [0.1, 0.15) is 6.33 Å². The molecule has 1 aliphatic heterocycles. The van der Waals surface area contributed by atoms with Crippen molar-refractivity contribution in [2.75, 3.05) is 19.0 Å². The molecule has 0 saturated heterocycles. The molecule has 1 atom stereocenters. The van der Waals surface area contributed by atoms with E-state index in [2.05, 4.69) is 34.1 Å². The Morgan fingerprint density at radius 1 is 0.895 bits per heavy atom. The minimum Gasteiger partial charge on any atom is -0.420 e. The van der Waals surface area contributed by atoms with Crippen LogP contribution in [-0.4, -0.2) is 48.4 Å². The van der Waals surface area contributed by atoms with Gasteiger partial charge in [0.2, 0.25) is 11.8 Å². The van der Waals surface area contributed by atoms with Crippen LogP contribution in [0.25, 0.3) is 22.7 Å². The predicted octanol–water partition coefficient (Wildman–Crippen LogP) is 5.03. The van der Waals surface area contributed by atoms with Crippen molar-refractivity contribution in [1.29, 1.82) is 0 Å². The molecule has 0 saturated carbocycles. The highest BCUT2D eigenvalue weighted by Crippen LogP contribution is 2.49. The number of para-hydroxylation sites is 1. The van der Waals surface area contributed by atoms with Gasteiger partial charge in [-0.2, -0.15) is 5.10 Å². The van der Waals surface area contributed by atoms with E-state index in [9.17, 15) is 0 Å². The Labute approximate surface area is 219 Å². The highest BCUT2D eigenvalue weighted by molar-refractivity contribution is 5.69. The first kappa shape index (κ1) is 22.2. The van der Waals surface area contributed by atoms with Crippen LogP contribution in [0, 0.1) is 6.92 Å². The summed E-state index contributed by atoms with van der Waals surface area (Å²) in [6.45, 7) is 2.02. The molecule has 0 fully saturated rings. The first-order valence-corrected chi connectivity index (χ1v) is 12.3. The molecule has 4 aromatic heterocycles. The summed E-state index contributed by atoms with van der Waals surface area (Å²) in [6.07, 6.45) is 5.14. The molecule has 0 amide bonds. The quantitative estimate of drug-likeness (QED) is 0.335. The van der Waals surface area contributed by atoms with Crippen LogP contribution in [0.2, 0.25) is 0 Å². The molecule has 9 heteroatoms. The molecule has 0 N–H and O–H groups in total. The number of ether oxygens (including phenoxy) is 1. The standard InChI is InChI=1S/C29H24N8O/c1-18-23-24(19-11-13-21(14-12-19)35(2)3)25-27-32-26(20-8-7-15-30-16-20)34-36(27)17-31-28(25)38-29(23)37(33-18)22-9-5-4-6-10-22/h4-17,24H,1-3H3. The van der Waals surface area contributed by atoms with Crippen molar-refractivity contribution in [3.8, 4) is 28.8 Å². The second-order valence-corrected chi connectivity index (χ2v) is 9.48. The molecule has 5 heterocycles. The van der Waals surface area contributed by atoms with E-state index in [0.717, 1.165) is 39.3 Å². The number of fused-ring (bicyclic) bond motifs is 4. The first-order chi connectivity index (χ1) is 18.6. The van der Waals surface area contributed by atoms with E-state index < -0.39 is 0 Å². The lowest BCUT2D eigenvalue weighted by atomic mass is 9.84. The molecule has 9 nitrogen and oxygen atoms in total. The van der Waals surface area contributed by atoms with Crippen molar-refractivity contribution >= 4 is 11.3 Å². The van der Waals surface area contributed by atoms with Crippen molar-refractivity contribution < 1.29 is 4.74 Å². The van der Waals surface area contributed by atoms with Crippen LogP contribution in [0.15, 0.2) is 85.5 Å². The lowest BCUT2D eigenvalue weighted by molar-refractivity contribution is 0.402. The summed E-state index contributed by atoms with van der Waals surface area (Å²) in [6, 6.07) is 22.4. The minimum absolute atomic E-state index is 0.204. The number of hydrogen-bond acceptors (Lipinski definition) is 7. The first-order valence-electron chi connectivity index (χ1n) is 12.3. The van der Waals surface area contributed by atoms with Gasteiger partial charge in [-0.25, -0.2) is 19.2 Å². The zero-order valence-corrected chi connectivity index (χ0v) is 21.1. The van der Waals surface area contributed by atoms with Gasteiger partial charge in [-0.1, -0.05) is 30.3 Å². The molecule has 0 bridgehead atoms. The fourth-order valence-corrected chi connectivity index (χ4v) is 5.04. The van der Waals surface area contributed by atoms with Crippen LogP contribution in [0.5, 0.6) is 11.8 Å². The Kier molecular flexibility index (Phi) is 4.97. The van der Waals surface area contributed by atoms with Crippen LogP contribution < -0.4 is 9.64 Å². The maximum Gasteiger partial charge on any atom is 0.230 e. The zero-order chi connectivity index (χ0) is 25.8. The van der Waals surface area contributed by atoms with E-state index in [1.54, 1.807) is 23.2 Å². The fourth-order valence-electron chi connectivity index (χ4n) is 5.04. The summed E-state index contributed by atoms with van der Waals surface area (Å²) in [5.41, 5.74) is 7.38. The van der Waals surface area contributed by atoms with Crippen molar-refractivity contribution in [3.05, 3.63) is 108 Å². The van der Waals surface area contributed by atoms with Crippen LogP contribution in [-0.2, 0) is 0 Å². The van der Waals surface area contributed by atoms with Crippen molar-refractivity contribution in [2.24, 2.45) is 0 Å². The van der Waals surface area contributed by atoms with Gasteiger partial charge in [0.15, 0.2) is 11.5 Å². The Balaban J connectivity index is 1.48. The van der Waals surface area contributed by atoms with E-state index in [4.69, 9.17) is 24.9 Å². The predicted molar refractivity (Wildman–Crippen MR) is 144 cm³/mol. The Hall–Kier alpha value is -5.05. The van der Waals surface area contributed by atoms with E-state index in [1.165, 1.54) is 0 Å². The summed E-state index contributed by atoms with van der Waals surface area (Å²) < 4.78 is 10.1. The average molecular weight is 501 g/mol. The van der Waals surface area contributed by atoms with Gasteiger partial charge in [-0.3, -0.25) is 4.98 Å². The summed E-state index contributed by atoms with van der Waals surface area (Å²) in [4.78, 5) is 16.0. The normalized spacial score (nSPS) is 14.1. The second-order valence-electron chi connectivity index (χ2n) is 9.48. The van der Waals surface area contributed by atoms with E-state index in [1.807, 2.05) is 68.2 Å². The Morgan fingerprint density at radius 3 is 2.45 bits per heavy atom. The third-order valence-corrected chi connectivity index (χ3v) is 6.88. The summed E-state index contributed by atoms with van der Waals surface area (Å²) in [5, 5.41) is 9.61. The molecule has 1 aliphatic rings. The van der Waals surface area contributed by atoms with Crippen LogP contribution in [0.4, 0.5) is 5.69 Å². The van der Waals surface area contributed by atoms with Gasteiger partial charge in [-0.05, 0) is 48.9 Å². The number of anilines is 1. The van der Waals surface area contributed by atoms with Crippen LogP contribution >= 0.6 is 0 Å². The van der Waals surface area contributed by atoms with Crippen molar-refractivity contribution in [2.45, 2.75) is 12.8 Å². The monoisotopic (exact) mass is 500 g/mol. The largest absolute Gasteiger partial charge is 0.420 e. The summed E-state index contributed by atoms with van der Waals surface area (Å²) in [5.74, 6) is 1.53. The van der Waals surface area contributed by atoms with Gasteiger partial charge in [0, 0.05) is 37.7 Å². The van der Waals surface area contributed by atoms with E-state index in [0.29, 0.717) is 23.2 Å². The molecule has 6 aromatic rings. The third kappa shape index (κ3) is 3.43. The molecule has 0 radical (unpaired) electrons. The summed E-state index contributed by atoms with van der Waals surface area (Å²) >= 11 is 0. The third-order valence-electron chi connectivity index (χ3n) is 6.88. The second kappa shape index (κ2) is 8.52. The number of aromatic nitrogens is 7. The number of pyridine rings is 1. The van der Waals surface area contributed by atoms with E-state index >= 15 is 0 Å². The smallest absolute Gasteiger partial charge is 0.230 e. The molecule has 1 unspecified atom stereocenters. The van der Waals surface area contributed by atoms with Gasteiger partial charge in [0.05, 0.1) is 28.4 Å². The fraction of sp³-hybridized carbons (Fsp3) is 0.138. The minimum atomic E-state index is -0.204. The number of nitrogens with zero attached hydrogens (tertiary/aromatic N) is 8. The molecule has 0 spiro atoms. The highest BCUT2D eigenvalue weighted by atomic mass is 16.5. The maximum absolute atomic E-state index is 6.51. The van der Waals surface area contributed by atoms with E-state index in [-0.39, 0.29) is 5.92 Å². The number of rotatable bonds is 4. The molecule has 38 heavy (non-hydrogen) atoms. The van der Waals surface area contributed by atoms with Crippen molar-refractivity contribution in [1.82, 2.24) is 34.3 Å². The Bertz CT molecular complexity index is 1770. The average Bonchev–Trinajstić information content (AvgIpc) is 3.54. The lowest BCUT2D eigenvalue weighted by Crippen LogP contribution is -2.16. The molecule has 2 aromatic carbocycles. The lowest BCUT2D eigenvalue weighted by Gasteiger charge is -2.26. The maximum atomic E-state index is 6.51. The zero-order valence-electron chi connectivity index (χ0n) is 21.1. The SMILES string of the molecule is Cc1nn(-c2ccccc2)c2c1C(c1ccc(N(C)C)cc1)c1c(ncn3nc(-c4cccnc4)nc13)O2. The number of hydrogen-bond donors (Lipinski definition) is 0.